The molecule has 1 aliphatic rings. The van der Waals surface area contributed by atoms with Crippen molar-refractivity contribution in [1.82, 2.24) is 61.3 Å². The van der Waals surface area contributed by atoms with Gasteiger partial charge < -0.3 is 76.9 Å². The van der Waals surface area contributed by atoms with E-state index < -0.39 is 174 Å². The van der Waals surface area contributed by atoms with Crippen LogP contribution >= 0.6 is 0 Å². The van der Waals surface area contributed by atoms with Crippen LogP contribution < -0.4 is 37.6 Å². The number of nitrogens with one attached hydrogen (secondary N) is 6. The molecule has 0 saturated carbocycles. The highest BCUT2D eigenvalue weighted by molar-refractivity contribution is 6.00. The highest BCUT2D eigenvalue weighted by Gasteiger charge is 2.46. The van der Waals surface area contributed by atoms with Gasteiger partial charge in [-0.05, 0) is 120 Å². The van der Waals surface area contributed by atoms with Gasteiger partial charge in [-0.15, -0.1) is 0 Å². The predicted octanol–water partition coefficient (Wildman–Crippen LogP) is 2.56. The Bertz CT molecular complexity index is 2600. The molecule has 13 atom stereocenters. The van der Waals surface area contributed by atoms with Gasteiger partial charge in [-0.3, -0.25) is 57.5 Å². The van der Waals surface area contributed by atoms with Crippen LogP contribution in [0.3, 0.4) is 0 Å². The monoisotopic (exact) mass is 1360 g/mol. The molecule has 0 aromatic carbocycles. The van der Waals surface area contributed by atoms with E-state index in [0.717, 1.165) is 22.6 Å². The van der Waals surface area contributed by atoms with Gasteiger partial charge in [-0.1, -0.05) is 116 Å². The molecule has 0 bridgehead atoms. The first kappa shape index (κ1) is 87.3. The van der Waals surface area contributed by atoms with E-state index in [2.05, 4.69) is 31.9 Å². The topological polar surface area (TPSA) is 352 Å². The second kappa shape index (κ2) is 42.2. The molecule has 1 saturated heterocycles. The van der Waals surface area contributed by atoms with Crippen molar-refractivity contribution in [2.45, 2.75) is 248 Å². The third-order valence-corrected chi connectivity index (χ3v) is 17.6. The number of amides is 12. The number of ether oxygens (including phenoxy) is 1. The Hall–Kier alpha value is -6.74. The first-order chi connectivity index (χ1) is 44.6. The molecule has 1 fully saturated rings. The molecule has 9 N–H and O–H groups in total. The standard InChI is InChI=1S/C69H125N13O14/c1-24-26-30-45(15)58(84)57-63(89)74-48(25-2)60(86)75-49(37-96-38-54(83)71-32-29-27-28-31-70)65(91)77(18)51(34-40(5)6)62(88)76-55(43(11)12)68(94)78(19)50(33-39(3)4)61(87)72-46(16)59(85)73-47(17)64(90)79(20)52(35-41(7)8)66(92)80(21)53(36-42(9)10)67(93)81(22)56(44(13)14)69(95)82(57)23/h24,26,39-53,55-58,84H,25,27-38,70H2,1-23H3,(H,71,83)(H,72,87)(H,73,85)(H,74,89)(H,75,86)(H,76,88)/b26-24+/t45-,46+,47-,48+,49-,50+,51+,52+,53+,55+,56+,57+,58-/m1/s1. The summed E-state index contributed by atoms with van der Waals surface area (Å²) in [6.45, 7) is 29.1. The van der Waals surface area contributed by atoms with Gasteiger partial charge in [0.2, 0.25) is 70.9 Å². The molecule has 0 aromatic heterocycles. The first-order valence-electron chi connectivity index (χ1n) is 34.6. The Morgan fingerprint density at radius 1 is 0.510 bits per heavy atom. The molecule has 27 heteroatoms. The minimum Gasteiger partial charge on any atom is -0.390 e. The molecule has 27 nitrogen and oxygen atoms in total. The third kappa shape index (κ3) is 26.6. The third-order valence-electron chi connectivity index (χ3n) is 17.6. The minimum absolute atomic E-state index is 0.0414. The van der Waals surface area contributed by atoms with E-state index in [1.807, 2.05) is 55.4 Å². The molecule has 0 aliphatic carbocycles. The molecule has 1 heterocycles. The summed E-state index contributed by atoms with van der Waals surface area (Å²) in [7, 11) is 8.37. The van der Waals surface area contributed by atoms with Crippen LogP contribution in [0.15, 0.2) is 12.2 Å². The number of likely N-dealkylation sites (N-methyl/N-ethyl adjacent to an activating group) is 6. The Morgan fingerprint density at radius 2 is 0.958 bits per heavy atom. The average molecular weight is 1360 g/mol. The van der Waals surface area contributed by atoms with Crippen LogP contribution in [0.4, 0.5) is 0 Å². The number of nitrogens with two attached hydrogens (primary N) is 1. The van der Waals surface area contributed by atoms with Crippen LogP contribution in [0, 0.1) is 41.4 Å². The molecule has 550 valence electrons. The lowest BCUT2D eigenvalue weighted by Gasteiger charge is -2.41. The van der Waals surface area contributed by atoms with E-state index in [0.29, 0.717) is 19.5 Å². The Morgan fingerprint density at radius 3 is 1.44 bits per heavy atom. The number of nitrogens with zero attached hydrogens (tertiary/aromatic N) is 6. The van der Waals surface area contributed by atoms with Crippen molar-refractivity contribution in [3.63, 3.8) is 0 Å². The lowest BCUT2D eigenvalue weighted by molar-refractivity contribution is -0.157. The lowest BCUT2D eigenvalue weighted by Crippen LogP contribution is -2.64. The molecule has 0 aromatic rings. The fourth-order valence-electron chi connectivity index (χ4n) is 11.7. The van der Waals surface area contributed by atoms with Gasteiger partial charge in [0.15, 0.2) is 0 Å². The molecular weight excluding hydrogens is 1230 g/mol. The molecular formula is C69H125N13O14. The molecule has 1 rings (SSSR count). The second-order valence-electron chi connectivity index (χ2n) is 28.6. The van der Waals surface area contributed by atoms with Crippen molar-refractivity contribution < 1.29 is 67.4 Å². The first-order valence-corrected chi connectivity index (χ1v) is 34.6. The van der Waals surface area contributed by atoms with E-state index >= 15 is 24.0 Å². The van der Waals surface area contributed by atoms with Crippen LogP contribution in [-0.2, 0) is 62.3 Å². The van der Waals surface area contributed by atoms with Crippen molar-refractivity contribution in [2.75, 3.05) is 68.6 Å². The number of carbonyl (C=O) groups excluding carboxylic acids is 12. The number of aliphatic hydroxyl groups is 1. The summed E-state index contributed by atoms with van der Waals surface area (Å²) >= 11 is 0. The van der Waals surface area contributed by atoms with Gasteiger partial charge in [0, 0.05) is 48.8 Å². The highest BCUT2D eigenvalue weighted by Crippen LogP contribution is 2.26. The van der Waals surface area contributed by atoms with Gasteiger partial charge >= 0.3 is 0 Å². The lowest BCUT2D eigenvalue weighted by atomic mass is 9.91. The van der Waals surface area contributed by atoms with Gasteiger partial charge in [0.1, 0.15) is 73.1 Å². The highest BCUT2D eigenvalue weighted by atomic mass is 16.5. The van der Waals surface area contributed by atoms with Crippen molar-refractivity contribution in [3.8, 4) is 0 Å². The summed E-state index contributed by atoms with van der Waals surface area (Å²) in [5, 5.41) is 28.6. The summed E-state index contributed by atoms with van der Waals surface area (Å²) in [4.78, 5) is 183. The minimum atomic E-state index is -1.70. The number of rotatable bonds is 24. The maximum Gasteiger partial charge on any atom is 0.247 e. The number of hydrogen-bond acceptors (Lipinski definition) is 15. The molecule has 0 spiro atoms. The van der Waals surface area contributed by atoms with Gasteiger partial charge in [-0.2, -0.15) is 0 Å². The Balaban J connectivity index is 4.48. The smallest absolute Gasteiger partial charge is 0.247 e. The maximum atomic E-state index is 15.3. The number of hydrogen-bond donors (Lipinski definition) is 8. The molecule has 1 aliphatic heterocycles. The van der Waals surface area contributed by atoms with E-state index in [4.69, 9.17) is 10.5 Å². The predicted molar refractivity (Wildman–Crippen MR) is 369 cm³/mol. The molecule has 0 radical (unpaired) electrons. The van der Waals surface area contributed by atoms with Crippen molar-refractivity contribution in [1.29, 1.82) is 0 Å². The Labute approximate surface area is 573 Å². The second-order valence-corrected chi connectivity index (χ2v) is 28.6. The van der Waals surface area contributed by atoms with E-state index in [1.54, 1.807) is 60.6 Å². The summed E-state index contributed by atoms with van der Waals surface area (Å²) in [6.07, 6.45) is 4.72. The molecule has 0 unspecified atom stereocenters. The van der Waals surface area contributed by atoms with Gasteiger partial charge in [0.05, 0.1) is 12.7 Å². The zero-order valence-corrected chi connectivity index (χ0v) is 62.3. The molecule has 12 amide bonds. The summed E-state index contributed by atoms with van der Waals surface area (Å²) in [5.41, 5.74) is 5.63. The fraction of sp³-hybridized carbons (Fsp3) is 0.797. The van der Waals surface area contributed by atoms with Crippen LogP contribution in [-0.4, -0.2) is 247 Å². The zero-order valence-electron chi connectivity index (χ0n) is 62.3. The van der Waals surface area contributed by atoms with Crippen LogP contribution in [0.5, 0.6) is 0 Å². The Kier molecular flexibility index (Phi) is 38.3. The summed E-state index contributed by atoms with van der Waals surface area (Å²) in [5.74, 6) is -11.5. The van der Waals surface area contributed by atoms with E-state index in [-0.39, 0.29) is 62.2 Å². The van der Waals surface area contributed by atoms with Crippen LogP contribution in [0.25, 0.3) is 0 Å². The van der Waals surface area contributed by atoms with Crippen LogP contribution in [0.2, 0.25) is 0 Å². The number of aliphatic hydroxyl groups excluding tert-OH is 1. The number of carbonyl (C=O) groups is 12. The van der Waals surface area contributed by atoms with E-state index in [1.165, 1.54) is 75.7 Å². The average Bonchev–Trinajstić information content (AvgIpc) is 0.804. The van der Waals surface area contributed by atoms with Crippen LogP contribution in [0.1, 0.15) is 175 Å². The quantitative estimate of drug-likeness (QED) is 0.0509. The van der Waals surface area contributed by atoms with Crippen molar-refractivity contribution in [3.05, 3.63) is 12.2 Å². The maximum absolute atomic E-state index is 15.3. The number of allylic oxidation sites excluding steroid dienone is 2. The zero-order chi connectivity index (χ0) is 73.9. The normalized spacial score (nSPS) is 25.8. The summed E-state index contributed by atoms with van der Waals surface area (Å²) in [6, 6.07) is -14.7. The largest absolute Gasteiger partial charge is 0.390 e. The summed E-state index contributed by atoms with van der Waals surface area (Å²) < 4.78 is 5.82. The van der Waals surface area contributed by atoms with Gasteiger partial charge in [-0.25, -0.2) is 0 Å². The van der Waals surface area contributed by atoms with E-state index in [9.17, 15) is 38.7 Å². The van der Waals surface area contributed by atoms with Gasteiger partial charge in [0.25, 0.3) is 0 Å². The van der Waals surface area contributed by atoms with Crippen molar-refractivity contribution >= 4 is 70.9 Å². The fourth-order valence-corrected chi connectivity index (χ4v) is 11.7. The van der Waals surface area contributed by atoms with Crippen molar-refractivity contribution in [2.24, 2.45) is 47.2 Å². The SMILES string of the molecule is C/C=C/C[C@@H](C)[C@@H](O)[C@H]1C(=O)N[C@@H](CC)C(=O)N[C@H](COCC(=O)NCCCCCN)C(=O)N(C)[C@@H](CC(C)C)C(=O)N[C@@H](C(C)C)C(=O)N(C)[C@@H](CC(C)C)C(=O)N[C@@H](C)C(=O)N[C@H](C)C(=O)N(C)[C@@H](CC(C)C)C(=O)N(C)[C@@H](CC(C)C)C(=O)N(C)[C@@H](C(C)C)C(=O)N1C. The number of unbranched alkanes of at least 4 members (excludes halogenated alkanes) is 2. The molecule has 96 heavy (non-hydrogen) atoms.